The van der Waals surface area contributed by atoms with Gasteiger partial charge in [0.1, 0.15) is 11.6 Å². The number of pyridine rings is 1. The summed E-state index contributed by atoms with van der Waals surface area (Å²) in [7, 11) is 0. The number of carbonyl (C=O) groups is 3. The summed E-state index contributed by atoms with van der Waals surface area (Å²) in [4.78, 5) is 41.0. The summed E-state index contributed by atoms with van der Waals surface area (Å²) in [5, 5.41) is 14.4. The molecule has 4 rings (SSSR count). The van der Waals surface area contributed by atoms with Crippen molar-refractivity contribution in [3.63, 3.8) is 0 Å². The van der Waals surface area contributed by atoms with Crippen LogP contribution >= 0.6 is 0 Å². The Morgan fingerprint density at radius 3 is 2.37 bits per heavy atom. The molecule has 0 spiro atoms. The number of amides is 2. The van der Waals surface area contributed by atoms with Crippen LogP contribution in [-0.2, 0) is 14.3 Å². The van der Waals surface area contributed by atoms with Gasteiger partial charge in [0.15, 0.2) is 11.5 Å². The molecule has 1 aromatic heterocycles. The van der Waals surface area contributed by atoms with Gasteiger partial charge in [-0.2, -0.15) is 0 Å². The monoisotopic (exact) mass is 633 g/mol. The van der Waals surface area contributed by atoms with Crippen LogP contribution in [0.25, 0.3) is 22.4 Å². The van der Waals surface area contributed by atoms with Gasteiger partial charge < -0.3 is 34.7 Å². The maximum Gasteiger partial charge on any atom is 0.408 e. The van der Waals surface area contributed by atoms with E-state index in [2.05, 4.69) is 10.6 Å². The quantitative estimate of drug-likeness (QED) is 0.177. The molecule has 0 bridgehead atoms. The maximum atomic E-state index is 12.8. The number of nitrogens with zero attached hydrogens (tertiary/aromatic N) is 1. The predicted octanol–water partition coefficient (Wildman–Crippen LogP) is 6.20. The van der Waals surface area contributed by atoms with E-state index in [9.17, 15) is 19.5 Å². The topological polar surface area (TPSA) is 145 Å². The molecule has 3 aromatic rings. The molecule has 0 saturated heterocycles. The lowest BCUT2D eigenvalue weighted by molar-refractivity contribution is -0.139. The van der Waals surface area contributed by atoms with Crippen LogP contribution in [0.4, 0.5) is 4.79 Å². The van der Waals surface area contributed by atoms with Gasteiger partial charge in [-0.05, 0) is 74.8 Å². The first kappa shape index (κ1) is 34.1. The van der Waals surface area contributed by atoms with E-state index in [1.165, 1.54) is 0 Å². The first-order valence-corrected chi connectivity index (χ1v) is 15.4. The number of fused-ring (bicyclic) bond motifs is 1. The number of hydrogen-bond acceptors (Lipinski definition) is 8. The highest BCUT2D eigenvalue weighted by atomic mass is 16.7. The molecule has 2 aromatic carbocycles. The predicted molar refractivity (Wildman–Crippen MR) is 173 cm³/mol. The van der Waals surface area contributed by atoms with Gasteiger partial charge >= 0.3 is 12.1 Å². The van der Waals surface area contributed by atoms with Gasteiger partial charge in [-0.25, -0.2) is 9.78 Å². The molecule has 246 valence electrons. The number of rotatable bonds is 14. The minimum Gasteiger partial charge on any atom is -0.481 e. The average Bonchev–Trinajstić information content (AvgIpc) is 3.47. The molecule has 2 heterocycles. The minimum atomic E-state index is -1.25. The summed E-state index contributed by atoms with van der Waals surface area (Å²) in [6, 6.07) is 18.5. The van der Waals surface area contributed by atoms with Crippen LogP contribution in [0, 0.1) is 5.41 Å². The fraction of sp³-hybridized carbons (Fsp3) is 0.429. The molecule has 3 N–H and O–H groups in total. The lowest BCUT2D eigenvalue weighted by Crippen LogP contribution is -2.50. The first-order chi connectivity index (χ1) is 21.8. The number of hydrogen-bond donors (Lipinski definition) is 3. The second kappa shape index (κ2) is 15.0. The Morgan fingerprint density at radius 1 is 0.913 bits per heavy atom. The highest BCUT2D eigenvalue weighted by Crippen LogP contribution is 2.37. The Morgan fingerprint density at radius 2 is 1.65 bits per heavy atom. The van der Waals surface area contributed by atoms with E-state index in [-0.39, 0.29) is 12.2 Å². The zero-order chi connectivity index (χ0) is 33.3. The van der Waals surface area contributed by atoms with Crippen LogP contribution in [0.15, 0.2) is 60.7 Å². The van der Waals surface area contributed by atoms with Crippen molar-refractivity contribution in [2.45, 2.75) is 71.9 Å². The van der Waals surface area contributed by atoms with Crippen molar-refractivity contribution < 1.29 is 38.4 Å². The molecule has 46 heavy (non-hydrogen) atoms. The molecule has 2 amide bonds. The number of alkyl carbamates (subject to hydrolysis) is 1. The summed E-state index contributed by atoms with van der Waals surface area (Å²) in [6.45, 7) is 10.1. The second-order valence-corrected chi connectivity index (χ2v) is 13.0. The Bertz CT molecular complexity index is 1520. The largest absolute Gasteiger partial charge is 0.481 e. The second-order valence-electron chi connectivity index (χ2n) is 13.0. The van der Waals surface area contributed by atoms with Crippen molar-refractivity contribution in [1.29, 1.82) is 0 Å². The van der Waals surface area contributed by atoms with Crippen LogP contribution in [0.1, 0.15) is 60.3 Å². The van der Waals surface area contributed by atoms with Gasteiger partial charge in [0.25, 0.3) is 0 Å². The van der Waals surface area contributed by atoms with Gasteiger partial charge in [0.05, 0.1) is 18.7 Å². The van der Waals surface area contributed by atoms with Crippen molar-refractivity contribution >= 4 is 18.0 Å². The standard InChI is InChI=1S/C35H43N3O8/c1-34(2,3)46-33(42)38-27(20-31(39)40)32(41)36-21-35(4,5)15-9-10-16-43-30-19-25(17-26(37-30)23-11-7-6-8-12-23)24-13-14-28-29(18-24)45-22-44-28/h6-8,11-14,17-19,27H,9-10,15-16,20-22H2,1-5H3,(H,36,41)(H,38,42)(H,39,40). The van der Waals surface area contributed by atoms with Crippen molar-refractivity contribution in [1.82, 2.24) is 15.6 Å². The van der Waals surface area contributed by atoms with E-state index < -0.39 is 36.0 Å². The molecule has 1 atom stereocenters. The van der Waals surface area contributed by atoms with E-state index in [1.807, 2.05) is 74.5 Å². The molecule has 0 aliphatic carbocycles. The Labute approximate surface area is 269 Å². The number of benzene rings is 2. The number of carboxylic acid groups (broad SMARTS) is 1. The Hall–Kier alpha value is -4.80. The lowest BCUT2D eigenvalue weighted by Gasteiger charge is -2.27. The van der Waals surface area contributed by atoms with Gasteiger partial charge in [0.2, 0.25) is 18.6 Å². The van der Waals surface area contributed by atoms with Crippen LogP contribution in [0.3, 0.4) is 0 Å². The zero-order valence-corrected chi connectivity index (χ0v) is 27.1. The van der Waals surface area contributed by atoms with Crippen molar-refractivity contribution in [2.24, 2.45) is 5.41 Å². The Kier molecular flexibility index (Phi) is 11.1. The fourth-order valence-electron chi connectivity index (χ4n) is 4.83. The van der Waals surface area contributed by atoms with Crippen molar-refractivity contribution in [3.05, 3.63) is 60.7 Å². The summed E-state index contributed by atoms with van der Waals surface area (Å²) >= 11 is 0. The third-order valence-electron chi connectivity index (χ3n) is 7.20. The molecule has 0 saturated carbocycles. The van der Waals surface area contributed by atoms with Crippen LogP contribution in [-0.4, -0.2) is 59.6 Å². The summed E-state index contributed by atoms with van der Waals surface area (Å²) in [5.74, 6) is 0.156. The van der Waals surface area contributed by atoms with E-state index in [1.54, 1.807) is 20.8 Å². The number of nitrogens with one attached hydrogen (secondary N) is 2. The van der Waals surface area contributed by atoms with Gasteiger partial charge in [-0.15, -0.1) is 0 Å². The van der Waals surface area contributed by atoms with Crippen LogP contribution < -0.4 is 24.8 Å². The SMILES string of the molecule is CC(C)(CCCCOc1cc(-c2ccc3c(c2)OCO3)cc(-c2ccccc2)n1)CNC(=O)C(CC(=O)O)NC(=O)OC(C)(C)C. The van der Waals surface area contributed by atoms with Crippen LogP contribution in [0.2, 0.25) is 0 Å². The fourth-order valence-corrected chi connectivity index (χ4v) is 4.83. The average molecular weight is 634 g/mol. The first-order valence-electron chi connectivity index (χ1n) is 15.4. The summed E-state index contributed by atoms with van der Waals surface area (Å²) < 4.78 is 22.3. The van der Waals surface area contributed by atoms with E-state index in [4.69, 9.17) is 23.9 Å². The molecular weight excluding hydrogens is 590 g/mol. The molecular formula is C35H43N3O8. The number of carboxylic acids is 1. The van der Waals surface area contributed by atoms with E-state index >= 15 is 0 Å². The number of unbranched alkanes of at least 4 members (excludes halogenated alkanes) is 1. The molecule has 0 fully saturated rings. The van der Waals surface area contributed by atoms with Gasteiger partial charge in [-0.1, -0.05) is 50.2 Å². The van der Waals surface area contributed by atoms with Crippen molar-refractivity contribution in [3.8, 4) is 39.8 Å². The molecule has 1 aliphatic heterocycles. The summed E-state index contributed by atoms with van der Waals surface area (Å²) in [5.41, 5.74) is 2.62. The number of carbonyl (C=O) groups excluding carboxylic acids is 2. The molecule has 11 heteroatoms. The summed E-state index contributed by atoms with van der Waals surface area (Å²) in [6.07, 6.45) is 0.957. The van der Waals surface area contributed by atoms with Crippen LogP contribution in [0.5, 0.6) is 17.4 Å². The Balaban J connectivity index is 1.31. The number of aliphatic carboxylic acids is 1. The van der Waals surface area contributed by atoms with E-state index in [0.717, 1.165) is 47.4 Å². The zero-order valence-electron chi connectivity index (χ0n) is 27.1. The molecule has 11 nitrogen and oxygen atoms in total. The van der Waals surface area contributed by atoms with Gasteiger partial charge in [0, 0.05) is 18.2 Å². The molecule has 0 radical (unpaired) electrons. The third-order valence-corrected chi connectivity index (χ3v) is 7.20. The van der Waals surface area contributed by atoms with Gasteiger partial charge in [-0.3, -0.25) is 9.59 Å². The normalized spacial score (nSPS) is 13.1. The van der Waals surface area contributed by atoms with Crippen molar-refractivity contribution in [2.75, 3.05) is 19.9 Å². The highest BCUT2D eigenvalue weighted by Gasteiger charge is 2.28. The number of ether oxygens (including phenoxy) is 4. The maximum absolute atomic E-state index is 12.8. The smallest absolute Gasteiger partial charge is 0.408 e. The molecule has 1 aliphatic rings. The minimum absolute atomic E-state index is 0.207. The third kappa shape index (κ3) is 10.4. The lowest BCUT2D eigenvalue weighted by atomic mass is 9.87. The molecule has 1 unspecified atom stereocenters. The highest BCUT2D eigenvalue weighted by molar-refractivity contribution is 5.89. The number of aromatic nitrogens is 1. The van der Waals surface area contributed by atoms with E-state index in [0.29, 0.717) is 24.8 Å².